The minimum atomic E-state index is -0.306. The van der Waals surface area contributed by atoms with Gasteiger partial charge in [0.2, 0.25) is 11.9 Å². The first kappa shape index (κ1) is 15.1. The van der Waals surface area contributed by atoms with Gasteiger partial charge in [-0.05, 0) is 20.8 Å². The standard InChI is InChI=1S/C12H20N8O/c1-5-14-9-16-10(19-12(2,3)6-21-4)18-11(17-9)20-8-13-7-15-20/h7-8H,5-6H2,1-4H3,(H2,14,16,17,18,19). The topological polar surface area (TPSA) is 103 Å². The highest BCUT2D eigenvalue weighted by Gasteiger charge is 2.20. The van der Waals surface area contributed by atoms with Gasteiger partial charge in [0.05, 0.1) is 12.1 Å². The van der Waals surface area contributed by atoms with Crippen molar-refractivity contribution in [3.8, 4) is 5.95 Å². The van der Waals surface area contributed by atoms with Crippen LogP contribution < -0.4 is 10.6 Å². The second-order valence-electron chi connectivity index (χ2n) is 5.09. The number of anilines is 2. The quantitative estimate of drug-likeness (QED) is 0.769. The predicted molar refractivity (Wildman–Crippen MR) is 78.5 cm³/mol. The molecule has 2 rings (SSSR count). The second kappa shape index (κ2) is 6.44. The lowest BCUT2D eigenvalue weighted by Gasteiger charge is -2.25. The first-order valence-electron chi connectivity index (χ1n) is 6.66. The van der Waals surface area contributed by atoms with Crippen molar-refractivity contribution in [1.82, 2.24) is 29.7 Å². The van der Waals surface area contributed by atoms with Crippen LogP contribution in [0.4, 0.5) is 11.9 Å². The molecule has 0 aliphatic carbocycles. The average Bonchev–Trinajstić information content (AvgIpc) is 2.91. The molecule has 0 fully saturated rings. The van der Waals surface area contributed by atoms with Crippen molar-refractivity contribution in [3.05, 3.63) is 12.7 Å². The van der Waals surface area contributed by atoms with Crippen LogP contribution in [-0.4, -0.2) is 55.5 Å². The third-order valence-corrected chi connectivity index (χ3v) is 2.54. The average molecular weight is 292 g/mol. The van der Waals surface area contributed by atoms with E-state index < -0.39 is 0 Å². The molecule has 114 valence electrons. The van der Waals surface area contributed by atoms with Crippen LogP contribution in [0.15, 0.2) is 12.7 Å². The van der Waals surface area contributed by atoms with E-state index in [4.69, 9.17) is 4.74 Å². The number of hydrogen-bond acceptors (Lipinski definition) is 8. The van der Waals surface area contributed by atoms with Gasteiger partial charge in [0.25, 0.3) is 5.95 Å². The zero-order valence-electron chi connectivity index (χ0n) is 12.7. The number of ether oxygens (including phenoxy) is 1. The summed E-state index contributed by atoms with van der Waals surface area (Å²) in [6.07, 6.45) is 2.97. The monoisotopic (exact) mass is 292 g/mol. The van der Waals surface area contributed by atoms with Crippen molar-refractivity contribution < 1.29 is 4.74 Å². The third-order valence-electron chi connectivity index (χ3n) is 2.54. The van der Waals surface area contributed by atoms with Crippen molar-refractivity contribution in [3.63, 3.8) is 0 Å². The van der Waals surface area contributed by atoms with Crippen LogP contribution in [0, 0.1) is 0 Å². The SMILES string of the molecule is CCNc1nc(NC(C)(C)COC)nc(-n2cncn2)n1. The summed E-state index contributed by atoms with van der Waals surface area (Å²) in [6, 6.07) is 0. The molecule has 2 aromatic rings. The number of hydrogen-bond donors (Lipinski definition) is 2. The van der Waals surface area contributed by atoms with Gasteiger partial charge >= 0.3 is 0 Å². The summed E-state index contributed by atoms with van der Waals surface area (Å²) >= 11 is 0. The van der Waals surface area contributed by atoms with Gasteiger partial charge in [-0.25, -0.2) is 4.98 Å². The number of nitrogens with one attached hydrogen (secondary N) is 2. The summed E-state index contributed by atoms with van der Waals surface area (Å²) in [5.74, 6) is 1.33. The molecule has 0 aromatic carbocycles. The highest BCUT2D eigenvalue weighted by atomic mass is 16.5. The van der Waals surface area contributed by atoms with Gasteiger partial charge in [-0.3, -0.25) is 0 Å². The van der Waals surface area contributed by atoms with Gasteiger partial charge in [-0.15, -0.1) is 0 Å². The Hall–Kier alpha value is -2.29. The zero-order valence-corrected chi connectivity index (χ0v) is 12.7. The maximum absolute atomic E-state index is 5.18. The van der Waals surface area contributed by atoms with Crippen LogP contribution in [0.2, 0.25) is 0 Å². The summed E-state index contributed by atoms with van der Waals surface area (Å²) in [4.78, 5) is 16.9. The Morgan fingerprint density at radius 3 is 2.62 bits per heavy atom. The van der Waals surface area contributed by atoms with Crippen molar-refractivity contribution in [2.75, 3.05) is 30.9 Å². The highest BCUT2D eigenvalue weighted by molar-refractivity contribution is 5.39. The molecule has 2 aromatic heterocycles. The Morgan fingerprint density at radius 1 is 1.24 bits per heavy atom. The molecule has 0 unspecified atom stereocenters. The van der Waals surface area contributed by atoms with Gasteiger partial charge in [0.1, 0.15) is 12.7 Å². The van der Waals surface area contributed by atoms with Crippen LogP contribution in [0.5, 0.6) is 0 Å². The van der Waals surface area contributed by atoms with Gasteiger partial charge in [-0.1, -0.05) is 0 Å². The summed E-state index contributed by atoms with van der Waals surface area (Å²) in [6.45, 7) is 7.21. The Morgan fingerprint density at radius 2 is 2.00 bits per heavy atom. The Bertz CT molecular complexity index is 569. The fourth-order valence-electron chi connectivity index (χ4n) is 1.77. The Labute approximate surface area is 123 Å². The van der Waals surface area contributed by atoms with Gasteiger partial charge < -0.3 is 15.4 Å². The minimum absolute atomic E-state index is 0.306. The molecule has 21 heavy (non-hydrogen) atoms. The minimum Gasteiger partial charge on any atom is -0.382 e. The molecular weight excluding hydrogens is 272 g/mol. The molecule has 0 saturated carbocycles. The van der Waals surface area contributed by atoms with Gasteiger partial charge in [0, 0.05) is 13.7 Å². The van der Waals surface area contributed by atoms with Crippen molar-refractivity contribution >= 4 is 11.9 Å². The number of nitrogens with zero attached hydrogens (tertiary/aromatic N) is 6. The van der Waals surface area contributed by atoms with Crippen LogP contribution >= 0.6 is 0 Å². The molecule has 0 atom stereocenters. The van der Waals surface area contributed by atoms with E-state index in [2.05, 4.69) is 35.7 Å². The first-order chi connectivity index (χ1) is 10.0. The predicted octanol–water partition coefficient (Wildman–Crippen LogP) is 0.721. The molecule has 9 heteroatoms. The zero-order chi connectivity index (χ0) is 15.3. The molecule has 0 spiro atoms. The lowest BCUT2D eigenvalue weighted by molar-refractivity contribution is 0.158. The molecule has 2 N–H and O–H groups in total. The fraction of sp³-hybridized carbons (Fsp3) is 0.583. The van der Waals surface area contributed by atoms with Gasteiger partial charge in [0.15, 0.2) is 0 Å². The van der Waals surface area contributed by atoms with Crippen LogP contribution in [0.3, 0.4) is 0 Å². The lowest BCUT2D eigenvalue weighted by Crippen LogP contribution is -2.37. The lowest BCUT2D eigenvalue weighted by atomic mass is 10.1. The Balaban J connectivity index is 2.32. The number of aromatic nitrogens is 6. The van der Waals surface area contributed by atoms with Crippen molar-refractivity contribution in [2.45, 2.75) is 26.3 Å². The molecule has 0 aliphatic heterocycles. The van der Waals surface area contributed by atoms with E-state index in [9.17, 15) is 0 Å². The molecular formula is C12H20N8O. The molecule has 0 aliphatic rings. The van der Waals surface area contributed by atoms with Crippen molar-refractivity contribution in [2.24, 2.45) is 0 Å². The van der Waals surface area contributed by atoms with E-state index in [0.717, 1.165) is 0 Å². The summed E-state index contributed by atoms with van der Waals surface area (Å²) in [7, 11) is 1.65. The fourth-order valence-corrected chi connectivity index (χ4v) is 1.77. The number of methoxy groups -OCH3 is 1. The largest absolute Gasteiger partial charge is 0.382 e. The maximum atomic E-state index is 5.18. The number of rotatable bonds is 7. The van der Waals surface area contributed by atoms with E-state index in [1.807, 2.05) is 20.8 Å². The molecule has 2 heterocycles. The first-order valence-corrected chi connectivity index (χ1v) is 6.66. The maximum Gasteiger partial charge on any atom is 0.258 e. The molecule has 9 nitrogen and oxygen atoms in total. The molecule has 0 radical (unpaired) electrons. The van der Waals surface area contributed by atoms with Crippen LogP contribution in [-0.2, 0) is 4.74 Å². The highest BCUT2D eigenvalue weighted by Crippen LogP contribution is 2.14. The van der Waals surface area contributed by atoms with E-state index in [0.29, 0.717) is 31.0 Å². The van der Waals surface area contributed by atoms with E-state index in [1.54, 1.807) is 7.11 Å². The molecule has 0 bridgehead atoms. The second-order valence-corrected chi connectivity index (χ2v) is 5.09. The third kappa shape index (κ3) is 4.09. The molecule has 0 amide bonds. The summed E-state index contributed by atoms with van der Waals surface area (Å²) < 4.78 is 6.67. The van der Waals surface area contributed by atoms with E-state index >= 15 is 0 Å². The van der Waals surface area contributed by atoms with Crippen LogP contribution in [0.25, 0.3) is 5.95 Å². The Kier molecular flexibility index (Phi) is 4.63. The molecule has 0 saturated heterocycles. The van der Waals surface area contributed by atoms with Crippen molar-refractivity contribution in [1.29, 1.82) is 0 Å². The normalized spacial score (nSPS) is 11.4. The summed E-state index contributed by atoms with van der Waals surface area (Å²) in [5, 5.41) is 10.3. The van der Waals surface area contributed by atoms with Gasteiger partial charge in [-0.2, -0.15) is 24.7 Å². The van der Waals surface area contributed by atoms with E-state index in [1.165, 1.54) is 17.3 Å². The summed E-state index contributed by atoms with van der Waals surface area (Å²) in [5.41, 5.74) is -0.306. The smallest absolute Gasteiger partial charge is 0.258 e. The van der Waals surface area contributed by atoms with Crippen LogP contribution in [0.1, 0.15) is 20.8 Å². The van der Waals surface area contributed by atoms with E-state index in [-0.39, 0.29) is 5.54 Å².